The second kappa shape index (κ2) is 8.45. The van der Waals surface area contributed by atoms with Gasteiger partial charge in [-0.05, 0) is 48.5 Å². The van der Waals surface area contributed by atoms with Crippen molar-refractivity contribution in [2.24, 2.45) is 0 Å². The van der Waals surface area contributed by atoms with Crippen molar-refractivity contribution in [2.75, 3.05) is 18.0 Å². The Morgan fingerprint density at radius 3 is 1.97 bits per heavy atom. The van der Waals surface area contributed by atoms with Crippen LogP contribution in [0.25, 0.3) is 0 Å². The van der Waals surface area contributed by atoms with E-state index in [0.29, 0.717) is 6.54 Å². The van der Waals surface area contributed by atoms with Crippen LogP contribution in [0.3, 0.4) is 0 Å². The van der Waals surface area contributed by atoms with Crippen LogP contribution in [0.15, 0.2) is 87.5 Å². The van der Waals surface area contributed by atoms with E-state index in [1.165, 1.54) is 0 Å². The number of anilines is 2. The Bertz CT molecular complexity index is 1140. The van der Waals surface area contributed by atoms with E-state index in [9.17, 15) is 21.6 Å². The number of ether oxygens (including phenoxy) is 1. The van der Waals surface area contributed by atoms with Crippen molar-refractivity contribution in [3.63, 3.8) is 0 Å². The zero-order chi connectivity index (χ0) is 22.1. The number of benzene rings is 3. The van der Waals surface area contributed by atoms with Gasteiger partial charge in [-0.2, -0.15) is 0 Å². The SMILES string of the molecule is O=S(=O)(NCCN1c2ccccc2Sc2ccccc21)c1ccc(OC(F)(F)F)cc1. The molecule has 1 N–H and O–H groups in total. The number of hydrogen-bond acceptors (Lipinski definition) is 5. The molecule has 0 atom stereocenters. The van der Waals surface area contributed by atoms with Gasteiger partial charge in [0.25, 0.3) is 0 Å². The first-order valence-electron chi connectivity index (χ1n) is 9.22. The van der Waals surface area contributed by atoms with E-state index in [0.717, 1.165) is 45.4 Å². The fourth-order valence-corrected chi connectivity index (χ4v) is 5.33. The topological polar surface area (TPSA) is 58.6 Å². The number of hydrogen-bond donors (Lipinski definition) is 1. The minimum atomic E-state index is -4.84. The van der Waals surface area contributed by atoms with Gasteiger partial charge < -0.3 is 9.64 Å². The Morgan fingerprint density at radius 2 is 1.42 bits per heavy atom. The summed E-state index contributed by atoms with van der Waals surface area (Å²) in [5.74, 6) is -0.481. The molecule has 0 aliphatic carbocycles. The van der Waals surface area contributed by atoms with Gasteiger partial charge in [0.05, 0.1) is 16.3 Å². The third kappa shape index (κ3) is 4.97. The van der Waals surface area contributed by atoms with Gasteiger partial charge in [0, 0.05) is 22.9 Å². The van der Waals surface area contributed by atoms with E-state index in [1.807, 2.05) is 53.4 Å². The monoisotopic (exact) mass is 466 g/mol. The van der Waals surface area contributed by atoms with E-state index in [2.05, 4.69) is 9.46 Å². The van der Waals surface area contributed by atoms with Gasteiger partial charge in [-0.15, -0.1) is 13.2 Å². The molecule has 1 heterocycles. The lowest BCUT2D eigenvalue weighted by Crippen LogP contribution is -2.33. The highest BCUT2D eigenvalue weighted by molar-refractivity contribution is 7.99. The number of para-hydroxylation sites is 2. The third-order valence-electron chi connectivity index (χ3n) is 4.53. The van der Waals surface area contributed by atoms with Crippen LogP contribution in [0.4, 0.5) is 24.5 Å². The average molecular weight is 467 g/mol. The van der Waals surface area contributed by atoms with Gasteiger partial charge in [-0.25, -0.2) is 13.1 Å². The van der Waals surface area contributed by atoms with E-state index < -0.39 is 22.1 Å². The van der Waals surface area contributed by atoms with Crippen LogP contribution in [0, 0.1) is 0 Å². The van der Waals surface area contributed by atoms with Crippen molar-refractivity contribution in [1.29, 1.82) is 0 Å². The smallest absolute Gasteiger partial charge is 0.406 e. The molecule has 0 amide bonds. The third-order valence-corrected chi connectivity index (χ3v) is 7.13. The summed E-state index contributed by atoms with van der Waals surface area (Å²) in [5.41, 5.74) is 1.97. The van der Waals surface area contributed by atoms with Gasteiger partial charge in [-0.1, -0.05) is 36.0 Å². The second-order valence-corrected chi connectivity index (χ2v) is 9.46. The molecule has 0 radical (unpaired) electrons. The average Bonchev–Trinajstić information content (AvgIpc) is 2.72. The van der Waals surface area contributed by atoms with Gasteiger partial charge >= 0.3 is 6.36 Å². The number of sulfonamides is 1. The van der Waals surface area contributed by atoms with Gasteiger partial charge in [0.1, 0.15) is 5.75 Å². The van der Waals surface area contributed by atoms with Crippen LogP contribution < -0.4 is 14.4 Å². The second-order valence-electron chi connectivity index (χ2n) is 6.61. The Kier molecular flexibility index (Phi) is 5.87. The zero-order valence-electron chi connectivity index (χ0n) is 16.0. The Hall–Kier alpha value is -2.69. The maximum atomic E-state index is 12.6. The van der Waals surface area contributed by atoms with E-state index >= 15 is 0 Å². The van der Waals surface area contributed by atoms with Gasteiger partial charge in [0.2, 0.25) is 10.0 Å². The number of fused-ring (bicyclic) bond motifs is 2. The van der Waals surface area contributed by atoms with Gasteiger partial charge in [-0.3, -0.25) is 0 Å². The predicted octanol–water partition coefficient (Wildman–Crippen LogP) is 5.17. The minimum Gasteiger partial charge on any atom is -0.406 e. The molecule has 10 heteroatoms. The molecule has 0 spiro atoms. The summed E-state index contributed by atoms with van der Waals surface area (Å²) in [4.78, 5) is 4.05. The van der Waals surface area contributed by atoms with Crippen LogP contribution in [0.5, 0.6) is 5.75 Å². The molecule has 0 aromatic heterocycles. The van der Waals surface area contributed by atoms with Crippen molar-refractivity contribution >= 4 is 33.2 Å². The molecule has 0 saturated carbocycles. The summed E-state index contributed by atoms with van der Waals surface area (Å²) >= 11 is 1.66. The molecular weight excluding hydrogens is 449 g/mol. The molecule has 31 heavy (non-hydrogen) atoms. The molecule has 3 aromatic carbocycles. The molecule has 0 saturated heterocycles. The highest BCUT2D eigenvalue weighted by Gasteiger charge is 2.31. The first kappa shape index (κ1) is 21.5. The Labute approximate surface area is 181 Å². The Balaban J connectivity index is 1.47. The maximum absolute atomic E-state index is 12.6. The van der Waals surface area contributed by atoms with E-state index in [-0.39, 0.29) is 11.4 Å². The molecule has 1 aliphatic rings. The molecule has 0 unspecified atom stereocenters. The van der Waals surface area contributed by atoms with Crippen LogP contribution in [-0.4, -0.2) is 27.9 Å². The van der Waals surface area contributed by atoms with Crippen molar-refractivity contribution < 1.29 is 26.3 Å². The molecule has 162 valence electrons. The number of alkyl halides is 3. The molecule has 4 rings (SSSR count). The highest BCUT2D eigenvalue weighted by atomic mass is 32.2. The van der Waals surface area contributed by atoms with Crippen LogP contribution in [0.2, 0.25) is 0 Å². The lowest BCUT2D eigenvalue weighted by Gasteiger charge is -2.32. The van der Waals surface area contributed by atoms with E-state index in [4.69, 9.17) is 0 Å². The van der Waals surface area contributed by atoms with Crippen LogP contribution in [-0.2, 0) is 10.0 Å². The fourth-order valence-electron chi connectivity index (χ4n) is 3.22. The standard InChI is InChI=1S/C21H17F3N2O3S2/c22-21(23,24)29-15-9-11-16(12-10-15)31(27,28)25-13-14-26-17-5-1-3-7-19(17)30-20-8-4-2-6-18(20)26/h1-12,25H,13-14H2. The van der Waals surface area contributed by atoms with Crippen molar-refractivity contribution in [3.8, 4) is 5.75 Å². The van der Waals surface area contributed by atoms with Crippen LogP contribution >= 0.6 is 11.8 Å². The molecule has 0 fully saturated rings. The van der Waals surface area contributed by atoms with Crippen molar-refractivity contribution in [3.05, 3.63) is 72.8 Å². The minimum absolute atomic E-state index is 0.108. The summed E-state index contributed by atoms with van der Waals surface area (Å²) < 4.78 is 68.2. The summed E-state index contributed by atoms with van der Waals surface area (Å²) in [7, 11) is -3.89. The van der Waals surface area contributed by atoms with Gasteiger partial charge in [0.15, 0.2) is 0 Å². The molecule has 5 nitrogen and oxygen atoms in total. The normalized spacial score (nSPS) is 13.5. The number of nitrogens with one attached hydrogen (secondary N) is 1. The maximum Gasteiger partial charge on any atom is 0.573 e. The van der Waals surface area contributed by atoms with E-state index in [1.54, 1.807) is 11.8 Å². The highest BCUT2D eigenvalue weighted by Crippen LogP contribution is 2.47. The summed E-state index contributed by atoms with van der Waals surface area (Å²) in [6, 6.07) is 19.8. The molecule has 0 bridgehead atoms. The number of rotatable bonds is 6. The fraction of sp³-hybridized carbons (Fsp3) is 0.143. The van der Waals surface area contributed by atoms with Crippen molar-refractivity contribution in [1.82, 2.24) is 4.72 Å². The lowest BCUT2D eigenvalue weighted by molar-refractivity contribution is -0.274. The summed E-state index contributed by atoms with van der Waals surface area (Å²) in [6.45, 7) is 0.486. The quantitative estimate of drug-likeness (QED) is 0.544. The first-order valence-corrected chi connectivity index (χ1v) is 11.5. The Morgan fingerprint density at radius 1 is 0.871 bits per heavy atom. The molecular formula is C21H17F3N2O3S2. The number of nitrogens with zero attached hydrogens (tertiary/aromatic N) is 1. The molecule has 1 aliphatic heterocycles. The summed E-state index contributed by atoms with van der Waals surface area (Å²) in [5, 5.41) is 0. The molecule has 3 aromatic rings. The van der Waals surface area contributed by atoms with Crippen LogP contribution in [0.1, 0.15) is 0 Å². The largest absolute Gasteiger partial charge is 0.573 e. The lowest BCUT2D eigenvalue weighted by atomic mass is 10.2. The zero-order valence-corrected chi connectivity index (χ0v) is 17.6. The predicted molar refractivity (Wildman–Crippen MR) is 112 cm³/mol. The van der Waals surface area contributed by atoms with Crippen molar-refractivity contribution in [2.45, 2.75) is 21.0 Å². The summed E-state index contributed by atoms with van der Waals surface area (Å²) in [6.07, 6.45) is -4.84. The first-order chi connectivity index (χ1) is 14.7. The number of halogens is 3.